The van der Waals surface area contributed by atoms with Crippen molar-refractivity contribution in [2.24, 2.45) is 5.92 Å². The molecule has 1 saturated heterocycles. The second kappa shape index (κ2) is 7.75. The summed E-state index contributed by atoms with van der Waals surface area (Å²) in [4.78, 5) is 22.7. The van der Waals surface area contributed by atoms with Crippen molar-refractivity contribution in [3.05, 3.63) is 35.9 Å². The van der Waals surface area contributed by atoms with Crippen LogP contribution in [-0.4, -0.2) is 43.2 Å². The maximum absolute atomic E-state index is 11.7. The van der Waals surface area contributed by atoms with Crippen LogP contribution in [-0.2, 0) is 30.2 Å². The average molecular weight is 294 g/mol. The zero-order valence-corrected chi connectivity index (χ0v) is 11.6. The molecule has 2 unspecified atom stereocenters. The molecule has 1 heterocycles. The first kappa shape index (κ1) is 15.5. The molecule has 21 heavy (non-hydrogen) atoms. The lowest BCUT2D eigenvalue weighted by atomic mass is 10.0. The fourth-order valence-electron chi connectivity index (χ4n) is 2.12. The van der Waals surface area contributed by atoms with Crippen LogP contribution in [0.25, 0.3) is 0 Å². The monoisotopic (exact) mass is 294 g/mol. The van der Waals surface area contributed by atoms with Gasteiger partial charge in [-0.2, -0.15) is 0 Å². The highest BCUT2D eigenvalue weighted by atomic mass is 16.7. The molecule has 1 N–H and O–H groups in total. The Morgan fingerprint density at radius 3 is 2.76 bits per heavy atom. The predicted octanol–water partition coefficient (Wildman–Crippen LogP) is 1.24. The molecular formula is C15H18O6. The van der Waals surface area contributed by atoms with E-state index in [9.17, 15) is 9.59 Å². The highest BCUT2D eigenvalue weighted by Gasteiger charge is 2.33. The van der Waals surface area contributed by atoms with Gasteiger partial charge in [-0.1, -0.05) is 30.3 Å². The Labute approximate surface area is 122 Å². The SMILES string of the molecule is O=C(CCc1ccccc1)OCC1COCOC1C(=O)O. The molecule has 0 amide bonds. The number of ether oxygens (including phenoxy) is 3. The molecule has 0 saturated carbocycles. The summed E-state index contributed by atoms with van der Waals surface area (Å²) in [5.74, 6) is -1.89. The van der Waals surface area contributed by atoms with E-state index in [1.165, 1.54) is 0 Å². The Kier molecular flexibility index (Phi) is 5.71. The van der Waals surface area contributed by atoms with E-state index in [2.05, 4.69) is 0 Å². The number of aryl methyl sites for hydroxylation is 1. The number of carbonyl (C=O) groups is 2. The molecule has 0 bridgehead atoms. The molecule has 0 radical (unpaired) electrons. The summed E-state index contributed by atoms with van der Waals surface area (Å²) in [6.07, 6.45) is -0.128. The molecule has 0 aromatic heterocycles. The van der Waals surface area contributed by atoms with Gasteiger partial charge >= 0.3 is 11.9 Å². The van der Waals surface area contributed by atoms with E-state index in [1.54, 1.807) is 0 Å². The van der Waals surface area contributed by atoms with Crippen molar-refractivity contribution in [2.45, 2.75) is 18.9 Å². The molecule has 0 aliphatic carbocycles. The summed E-state index contributed by atoms with van der Waals surface area (Å²) in [5, 5.41) is 9.00. The van der Waals surface area contributed by atoms with Crippen molar-refractivity contribution in [2.75, 3.05) is 20.0 Å². The number of rotatable bonds is 6. The molecule has 6 nitrogen and oxygen atoms in total. The van der Waals surface area contributed by atoms with Crippen molar-refractivity contribution in [3.63, 3.8) is 0 Å². The summed E-state index contributed by atoms with van der Waals surface area (Å²) < 4.78 is 15.2. The first-order valence-electron chi connectivity index (χ1n) is 6.78. The minimum atomic E-state index is -1.07. The first-order valence-corrected chi connectivity index (χ1v) is 6.78. The largest absolute Gasteiger partial charge is 0.479 e. The van der Waals surface area contributed by atoms with E-state index in [-0.39, 0.29) is 32.4 Å². The van der Waals surface area contributed by atoms with Crippen LogP contribution in [0, 0.1) is 5.92 Å². The number of esters is 1. The van der Waals surface area contributed by atoms with E-state index < -0.39 is 18.0 Å². The summed E-state index contributed by atoms with van der Waals surface area (Å²) in [6.45, 7) is 0.156. The molecule has 1 aromatic carbocycles. The Balaban J connectivity index is 1.74. The fraction of sp³-hybridized carbons (Fsp3) is 0.467. The number of hydrogen-bond donors (Lipinski definition) is 1. The zero-order valence-electron chi connectivity index (χ0n) is 11.6. The lowest BCUT2D eigenvalue weighted by molar-refractivity contribution is -0.200. The molecule has 6 heteroatoms. The van der Waals surface area contributed by atoms with E-state index in [4.69, 9.17) is 19.3 Å². The van der Waals surface area contributed by atoms with Gasteiger partial charge in [0.05, 0.1) is 19.1 Å². The molecule has 0 spiro atoms. The van der Waals surface area contributed by atoms with E-state index in [0.29, 0.717) is 6.42 Å². The maximum Gasteiger partial charge on any atom is 0.333 e. The minimum Gasteiger partial charge on any atom is -0.479 e. The van der Waals surface area contributed by atoms with Gasteiger partial charge in [-0.15, -0.1) is 0 Å². The average Bonchev–Trinajstić information content (AvgIpc) is 2.52. The molecule has 1 aliphatic rings. The second-order valence-electron chi connectivity index (χ2n) is 4.84. The van der Waals surface area contributed by atoms with Gasteiger partial charge < -0.3 is 19.3 Å². The molecule has 2 atom stereocenters. The summed E-state index contributed by atoms with van der Waals surface area (Å²) in [7, 11) is 0. The van der Waals surface area contributed by atoms with Gasteiger partial charge in [0.25, 0.3) is 0 Å². The molecule has 114 valence electrons. The summed E-state index contributed by atoms with van der Waals surface area (Å²) in [5.41, 5.74) is 1.06. The van der Waals surface area contributed by atoms with E-state index >= 15 is 0 Å². The van der Waals surface area contributed by atoms with Gasteiger partial charge in [0.1, 0.15) is 6.79 Å². The topological polar surface area (TPSA) is 82.1 Å². The van der Waals surface area contributed by atoms with Gasteiger partial charge in [0, 0.05) is 6.42 Å². The van der Waals surface area contributed by atoms with Crippen molar-refractivity contribution in [3.8, 4) is 0 Å². The third-order valence-corrected chi connectivity index (χ3v) is 3.25. The van der Waals surface area contributed by atoms with Gasteiger partial charge in [-0.25, -0.2) is 4.79 Å². The molecular weight excluding hydrogens is 276 g/mol. The standard InChI is InChI=1S/C15H18O6/c16-13(7-6-11-4-2-1-3-5-11)20-9-12-8-19-10-21-14(12)15(17)18/h1-5,12,14H,6-10H2,(H,17,18). The third-order valence-electron chi connectivity index (χ3n) is 3.25. The predicted molar refractivity (Wildman–Crippen MR) is 72.5 cm³/mol. The van der Waals surface area contributed by atoms with Gasteiger partial charge in [0.15, 0.2) is 6.10 Å². The smallest absolute Gasteiger partial charge is 0.333 e. The minimum absolute atomic E-state index is 0.00934. The zero-order chi connectivity index (χ0) is 15.1. The quantitative estimate of drug-likeness (QED) is 0.795. The number of carboxylic acid groups (broad SMARTS) is 1. The van der Waals surface area contributed by atoms with Crippen LogP contribution in [0.4, 0.5) is 0 Å². The normalized spacial score (nSPS) is 21.7. The second-order valence-corrected chi connectivity index (χ2v) is 4.84. The highest BCUT2D eigenvalue weighted by molar-refractivity contribution is 5.73. The van der Waals surface area contributed by atoms with E-state index in [1.807, 2.05) is 30.3 Å². The third kappa shape index (κ3) is 4.84. The lowest BCUT2D eigenvalue weighted by Crippen LogP contribution is -2.42. The summed E-state index contributed by atoms with van der Waals surface area (Å²) >= 11 is 0. The maximum atomic E-state index is 11.7. The van der Waals surface area contributed by atoms with E-state index in [0.717, 1.165) is 5.56 Å². The van der Waals surface area contributed by atoms with Crippen LogP contribution in [0.5, 0.6) is 0 Å². The van der Waals surface area contributed by atoms with Gasteiger partial charge in [0.2, 0.25) is 0 Å². The van der Waals surface area contributed by atoms with Crippen LogP contribution in [0.3, 0.4) is 0 Å². The van der Waals surface area contributed by atoms with Crippen LogP contribution in [0.2, 0.25) is 0 Å². The van der Waals surface area contributed by atoms with Crippen LogP contribution in [0.15, 0.2) is 30.3 Å². The van der Waals surface area contributed by atoms with Crippen LogP contribution in [0.1, 0.15) is 12.0 Å². The van der Waals surface area contributed by atoms with Crippen LogP contribution >= 0.6 is 0 Å². The van der Waals surface area contributed by atoms with Crippen molar-refractivity contribution in [1.82, 2.24) is 0 Å². The number of benzene rings is 1. The fourth-order valence-corrected chi connectivity index (χ4v) is 2.12. The number of aliphatic carboxylic acids is 1. The van der Waals surface area contributed by atoms with Crippen molar-refractivity contribution in [1.29, 1.82) is 0 Å². The molecule has 2 rings (SSSR count). The Bertz CT molecular complexity index is 472. The number of hydrogen-bond acceptors (Lipinski definition) is 5. The molecule has 1 fully saturated rings. The molecule has 1 aliphatic heterocycles. The van der Waals surface area contributed by atoms with Gasteiger partial charge in [-0.05, 0) is 12.0 Å². The Hall–Kier alpha value is -1.92. The summed E-state index contributed by atoms with van der Waals surface area (Å²) in [6, 6.07) is 9.62. The number of carbonyl (C=O) groups excluding carboxylic acids is 1. The van der Waals surface area contributed by atoms with Crippen molar-refractivity contribution < 1.29 is 28.9 Å². The van der Waals surface area contributed by atoms with Crippen molar-refractivity contribution >= 4 is 11.9 Å². The lowest BCUT2D eigenvalue weighted by Gasteiger charge is -2.28. The Morgan fingerprint density at radius 1 is 1.29 bits per heavy atom. The van der Waals surface area contributed by atoms with Gasteiger partial charge in [-0.3, -0.25) is 4.79 Å². The Morgan fingerprint density at radius 2 is 2.05 bits per heavy atom. The van der Waals surface area contributed by atoms with Crippen LogP contribution < -0.4 is 0 Å². The number of carboxylic acids is 1. The first-order chi connectivity index (χ1) is 10.2. The highest BCUT2D eigenvalue weighted by Crippen LogP contribution is 2.16. The molecule has 1 aromatic rings.